The number of pyridine rings is 1. The molecule has 0 saturated carbocycles. The lowest BCUT2D eigenvalue weighted by Crippen LogP contribution is -2.38. The fraction of sp³-hybridized carbons (Fsp3) is 0.292. The van der Waals surface area contributed by atoms with Gasteiger partial charge in [-0.1, -0.05) is 0 Å². The number of piperidine rings is 1. The van der Waals surface area contributed by atoms with Gasteiger partial charge in [0.2, 0.25) is 5.95 Å². The molecule has 2 aliphatic rings. The number of nitrogens with one attached hydrogen (secondary N) is 2. The molecular formula is C24H24N6O3S. The molecule has 2 amide bonds. The van der Waals surface area contributed by atoms with Crippen molar-refractivity contribution in [3.8, 4) is 11.3 Å². The van der Waals surface area contributed by atoms with Crippen LogP contribution in [0.4, 0.5) is 10.7 Å². The third kappa shape index (κ3) is 5.35. The first-order valence-corrected chi connectivity index (χ1v) is 12.0. The summed E-state index contributed by atoms with van der Waals surface area (Å²) in [5.41, 5.74) is 3.71. The molecule has 10 heteroatoms. The summed E-state index contributed by atoms with van der Waals surface area (Å²) in [6.45, 7) is 3.49. The number of thioether (sulfide) groups is 1. The largest absolute Gasteiger partial charge is 0.472 e. The lowest BCUT2D eigenvalue weighted by Gasteiger charge is -2.32. The van der Waals surface area contributed by atoms with Crippen molar-refractivity contribution in [2.75, 3.05) is 24.5 Å². The smallest absolute Gasteiger partial charge is 0.290 e. The highest BCUT2D eigenvalue weighted by Gasteiger charge is 2.25. The van der Waals surface area contributed by atoms with E-state index in [1.807, 2.05) is 18.3 Å². The molecule has 174 valence electrons. The first-order chi connectivity index (χ1) is 16.6. The standard InChI is InChI=1S/C24H24N6O3S/c31-22-21(34-24(32)29-22)12-19-2-7-27-23(28-19)30-8-3-16(4-9-30)13-25-14-17-1-6-26-20(11-17)18-5-10-33-15-18/h1-2,5-7,10-12,15-16,25H,3-4,8-9,13-14H2,(H,29,31,32)/b21-12+. The van der Waals surface area contributed by atoms with E-state index in [-0.39, 0.29) is 11.1 Å². The highest BCUT2D eigenvalue weighted by atomic mass is 32.2. The van der Waals surface area contributed by atoms with E-state index in [0.29, 0.717) is 22.5 Å². The quantitative estimate of drug-likeness (QED) is 0.495. The lowest BCUT2D eigenvalue weighted by atomic mass is 9.97. The van der Waals surface area contributed by atoms with Crippen molar-refractivity contribution in [2.24, 2.45) is 5.92 Å². The van der Waals surface area contributed by atoms with E-state index in [1.165, 1.54) is 5.56 Å². The maximum absolute atomic E-state index is 11.8. The van der Waals surface area contributed by atoms with Crippen LogP contribution in [0.5, 0.6) is 0 Å². The lowest BCUT2D eigenvalue weighted by molar-refractivity contribution is -0.115. The summed E-state index contributed by atoms with van der Waals surface area (Å²) in [5.74, 6) is 0.855. The van der Waals surface area contributed by atoms with E-state index in [2.05, 4.69) is 36.6 Å². The number of amides is 2. The number of hydrogen-bond donors (Lipinski definition) is 2. The number of hydrogen-bond acceptors (Lipinski definition) is 9. The minimum absolute atomic E-state index is 0.352. The van der Waals surface area contributed by atoms with Crippen molar-refractivity contribution in [2.45, 2.75) is 19.4 Å². The molecule has 3 aromatic heterocycles. The van der Waals surface area contributed by atoms with E-state index in [9.17, 15) is 9.59 Å². The number of nitrogens with zero attached hydrogens (tertiary/aromatic N) is 4. The highest BCUT2D eigenvalue weighted by Crippen LogP contribution is 2.26. The number of anilines is 1. The monoisotopic (exact) mass is 476 g/mol. The molecule has 0 bridgehead atoms. The van der Waals surface area contributed by atoms with Crippen LogP contribution in [0.3, 0.4) is 0 Å². The van der Waals surface area contributed by atoms with Gasteiger partial charge >= 0.3 is 0 Å². The van der Waals surface area contributed by atoms with Crippen LogP contribution in [-0.2, 0) is 11.3 Å². The zero-order valence-corrected chi connectivity index (χ0v) is 19.3. The Balaban J connectivity index is 1.11. The summed E-state index contributed by atoms with van der Waals surface area (Å²) in [5, 5.41) is 5.48. The van der Waals surface area contributed by atoms with Gasteiger partial charge in [-0.05, 0) is 73.0 Å². The molecule has 5 rings (SSSR count). The highest BCUT2D eigenvalue weighted by molar-refractivity contribution is 8.18. The maximum atomic E-state index is 11.8. The average molecular weight is 477 g/mol. The SMILES string of the molecule is O=C1NC(=O)/C(=C\c2ccnc(N3CCC(CNCc4ccnc(-c5ccoc5)c4)CC3)n2)S1. The fourth-order valence-corrected chi connectivity index (χ4v) is 4.73. The number of carbonyl (C=O) groups excluding carboxylic acids is 2. The Morgan fingerprint density at radius 2 is 2.03 bits per heavy atom. The van der Waals surface area contributed by atoms with E-state index < -0.39 is 0 Å². The van der Waals surface area contributed by atoms with Gasteiger partial charge in [0, 0.05) is 37.6 Å². The average Bonchev–Trinajstić information content (AvgIpc) is 3.50. The van der Waals surface area contributed by atoms with Crippen molar-refractivity contribution in [3.05, 3.63) is 65.3 Å². The van der Waals surface area contributed by atoms with Crippen molar-refractivity contribution in [1.82, 2.24) is 25.6 Å². The summed E-state index contributed by atoms with van der Waals surface area (Å²) in [4.78, 5) is 39.1. The second kappa shape index (κ2) is 10.2. The van der Waals surface area contributed by atoms with Crippen molar-refractivity contribution in [1.29, 1.82) is 0 Å². The molecule has 2 aliphatic heterocycles. The fourth-order valence-electron chi connectivity index (χ4n) is 4.06. The molecular weight excluding hydrogens is 452 g/mol. The van der Waals surface area contributed by atoms with Gasteiger partial charge in [0.05, 0.1) is 28.8 Å². The third-order valence-electron chi connectivity index (χ3n) is 5.89. The number of furan rings is 1. The second-order valence-electron chi connectivity index (χ2n) is 8.26. The van der Waals surface area contributed by atoms with Gasteiger partial charge in [0.1, 0.15) is 0 Å². The van der Waals surface area contributed by atoms with Crippen LogP contribution >= 0.6 is 11.8 Å². The molecule has 5 heterocycles. The topological polar surface area (TPSA) is 113 Å². The van der Waals surface area contributed by atoms with Gasteiger partial charge in [0.25, 0.3) is 11.1 Å². The van der Waals surface area contributed by atoms with E-state index in [0.717, 1.165) is 62.0 Å². The predicted octanol–water partition coefficient (Wildman–Crippen LogP) is 3.46. The molecule has 0 aliphatic carbocycles. The molecule has 2 saturated heterocycles. The molecule has 2 N–H and O–H groups in total. The van der Waals surface area contributed by atoms with Crippen LogP contribution in [0, 0.1) is 5.92 Å². The number of carbonyl (C=O) groups is 2. The van der Waals surface area contributed by atoms with E-state index in [4.69, 9.17) is 4.42 Å². The Kier molecular flexibility index (Phi) is 6.68. The number of rotatable bonds is 7. The molecule has 0 unspecified atom stereocenters. The molecule has 0 radical (unpaired) electrons. The molecule has 9 nitrogen and oxygen atoms in total. The molecule has 0 aromatic carbocycles. The summed E-state index contributed by atoms with van der Waals surface area (Å²) < 4.78 is 5.15. The van der Waals surface area contributed by atoms with Crippen LogP contribution in [0.25, 0.3) is 17.3 Å². The Morgan fingerprint density at radius 1 is 1.18 bits per heavy atom. The summed E-state index contributed by atoms with van der Waals surface area (Å²) in [7, 11) is 0. The zero-order chi connectivity index (χ0) is 23.3. The van der Waals surface area contributed by atoms with Gasteiger partial charge in [0.15, 0.2) is 0 Å². The zero-order valence-electron chi connectivity index (χ0n) is 18.4. The first kappa shape index (κ1) is 22.3. The third-order valence-corrected chi connectivity index (χ3v) is 6.70. The van der Waals surface area contributed by atoms with Gasteiger partial charge in [-0.25, -0.2) is 9.97 Å². The molecule has 0 atom stereocenters. The van der Waals surface area contributed by atoms with Crippen molar-refractivity contribution in [3.63, 3.8) is 0 Å². The van der Waals surface area contributed by atoms with Gasteiger partial charge in [-0.3, -0.25) is 19.9 Å². The number of aromatic nitrogens is 3. The van der Waals surface area contributed by atoms with Gasteiger partial charge in [-0.2, -0.15) is 0 Å². The van der Waals surface area contributed by atoms with Gasteiger partial charge < -0.3 is 14.6 Å². The maximum Gasteiger partial charge on any atom is 0.290 e. The molecule has 3 aromatic rings. The minimum Gasteiger partial charge on any atom is -0.472 e. The van der Waals surface area contributed by atoms with Crippen LogP contribution in [-0.4, -0.2) is 45.7 Å². The summed E-state index contributed by atoms with van der Waals surface area (Å²) >= 11 is 0.889. The van der Waals surface area contributed by atoms with Crippen LogP contribution in [0.2, 0.25) is 0 Å². The number of imide groups is 1. The molecule has 34 heavy (non-hydrogen) atoms. The van der Waals surface area contributed by atoms with Crippen LogP contribution < -0.4 is 15.5 Å². The Bertz CT molecular complexity index is 1200. The summed E-state index contributed by atoms with van der Waals surface area (Å²) in [6, 6.07) is 7.77. The van der Waals surface area contributed by atoms with E-state index in [1.54, 1.807) is 30.9 Å². The minimum atomic E-state index is -0.382. The van der Waals surface area contributed by atoms with Gasteiger partial charge in [-0.15, -0.1) is 0 Å². The Labute approximate surface area is 201 Å². The summed E-state index contributed by atoms with van der Waals surface area (Å²) in [6.07, 6.45) is 10.6. The Hall–Kier alpha value is -3.50. The van der Waals surface area contributed by atoms with E-state index >= 15 is 0 Å². The van der Waals surface area contributed by atoms with Crippen molar-refractivity contribution >= 4 is 34.9 Å². The normalized spacial score (nSPS) is 18.0. The van der Waals surface area contributed by atoms with Crippen LogP contribution in [0.15, 0.2) is 58.5 Å². The van der Waals surface area contributed by atoms with Crippen LogP contribution in [0.1, 0.15) is 24.1 Å². The Morgan fingerprint density at radius 3 is 2.79 bits per heavy atom. The first-order valence-electron chi connectivity index (χ1n) is 11.1. The molecule has 0 spiro atoms. The predicted molar refractivity (Wildman–Crippen MR) is 130 cm³/mol. The second-order valence-corrected chi connectivity index (χ2v) is 9.27. The molecule has 2 fully saturated rings. The van der Waals surface area contributed by atoms with Crippen molar-refractivity contribution < 1.29 is 14.0 Å².